The molecule has 0 radical (unpaired) electrons. The molecular formula is C24H27ClFN3O2. The van der Waals surface area contributed by atoms with Gasteiger partial charge in [-0.25, -0.2) is 4.39 Å². The van der Waals surface area contributed by atoms with Crippen LogP contribution in [0.15, 0.2) is 42.5 Å². The number of hydrogen-bond donors (Lipinski definition) is 1. The van der Waals surface area contributed by atoms with E-state index in [1.54, 1.807) is 11.0 Å². The maximum Gasteiger partial charge on any atom is 0.253 e. The molecule has 0 spiro atoms. The molecule has 2 heterocycles. The van der Waals surface area contributed by atoms with Crippen LogP contribution in [0.25, 0.3) is 0 Å². The third-order valence-electron chi connectivity index (χ3n) is 6.08. The van der Waals surface area contributed by atoms with Crippen LogP contribution >= 0.6 is 11.6 Å². The summed E-state index contributed by atoms with van der Waals surface area (Å²) in [6, 6.07) is 11.2. The smallest absolute Gasteiger partial charge is 0.253 e. The lowest BCUT2D eigenvalue weighted by molar-refractivity contribution is -0.121. The molecule has 1 N–H and O–H groups in total. The number of likely N-dealkylation sites (tertiary alicyclic amines) is 1. The van der Waals surface area contributed by atoms with Crippen molar-refractivity contribution in [2.45, 2.75) is 32.1 Å². The second kappa shape index (κ2) is 9.69. The van der Waals surface area contributed by atoms with Gasteiger partial charge in [-0.3, -0.25) is 9.59 Å². The molecule has 31 heavy (non-hydrogen) atoms. The Bertz CT molecular complexity index is 944. The van der Waals surface area contributed by atoms with Gasteiger partial charge in [-0.1, -0.05) is 11.6 Å². The Labute approximate surface area is 187 Å². The zero-order valence-electron chi connectivity index (χ0n) is 17.4. The average molecular weight is 444 g/mol. The lowest BCUT2D eigenvalue weighted by Gasteiger charge is -2.32. The summed E-state index contributed by atoms with van der Waals surface area (Å²) in [6.45, 7) is 2.95. The first-order chi connectivity index (χ1) is 15.0. The molecule has 0 aliphatic carbocycles. The Morgan fingerprint density at radius 3 is 2.42 bits per heavy atom. The molecule has 2 aliphatic rings. The van der Waals surface area contributed by atoms with Gasteiger partial charge in [0.15, 0.2) is 0 Å². The predicted octanol–water partition coefficient (Wildman–Crippen LogP) is 4.96. The normalized spacial score (nSPS) is 19.2. The fourth-order valence-electron chi connectivity index (χ4n) is 4.37. The fraction of sp³-hybridized carbons (Fsp3) is 0.417. The SMILES string of the molecule is O=C(Nc1ccc(N2CCCCC2)c(Cl)c1)C1CCCN(C(=O)c2ccc(F)cc2)C1. The Morgan fingerprint density at radius 2 is 1.71 bits per heavy atom. The Hall–Kier alpha value is -2.60. The number of carbonyl (C=O) groups is 2. The monoisotopic (exact) mass is 443 g/mol. The van der Waals surface area contributed by atoms with E-state index in [9.17, 15) is 14.0 Å². The highest BCUT2D eigenvalue weighted by Crippen LogP contribution is 2.31. The summed E-state index contributed by atoms with van der Waals surface area (Å²) < 4.78 is 13.1. The predicted molar refractivity (Wildman–Crippen MR) is 121 cm³/mol. The van der Waals surface area contributed by atoms with Crippen LogP contribution in [0, 0.1) is 11.7 Å². The van der Waals surface area contributed by atoms with Gasteiger partial charge >= 0.3 is 0 Å². The molecule has 2 aromatic carbocycles. The molecule has 7 heteroatoms. The van der Waals surface area contributed by atoms with Crippen LogP contribution in [-0.2, 0) is 4.79 Å². The summed E-state index contributed by atoms with van der Waals surface area (Å²) >= 11 is 6.50. The maximum atomic E-state index is 13.1. The number of benzene rings is 2. The second-order valence-electron chi connectivity index (χ2n) is 8.30. The third kappa shape index (κ3) is 5.18. The quantitative estimate of drug-likeness (QED) is 0.726. The summed E-state index contributed by atoms with van der Waals surface area (Å²) in [5, 5.41) is 3.60. The summed E-state index contributed by atoms with van der Waals surface area (Å²) in [7, 11) is 0. The number of amides is 2. The highest BCUT2D eigenvalue weighted by molar-refractivity contribution is 6.33. The standard InChI is InChI=1S/C24H27ClFN3O2/c25-21-15-20(10-11-22(21)28-12-2-1-3-13-28)27-23(30)18-5-4-14-29(16-18)24(31)17-6-8-19(26)9-7-17/h6-11,15,18H,1-5,12-14,16H2,(H,27,30). The Kier molecular flexibility index (Phi) is 6.76. The van der Waals surface area contributed by atoms with Gasteiger partial charge in [0.1, 0.15) is 5.82 Å². The number of nitrogens with zero attached hydrogens (tertiary/aromatic N) is 2. The van der Waals surface area contributed by atoms with Gasteiger partial charge in [0.25, 0.3) is 5.91 Å². The molecule has 0 bridgehead atoms. The van der Waals surface area contributed by atoms with Crippen molar-refractivity contribution >= 4 is 34.8 Å². The number of halogens is 2. The van der Waals surface area contributed by atoms with Gasteiger partial charge in [0, 0.05) is 37.4 Å². The molecule has 1 unspecified atom stereocenters. The minimum atomic E-state index is -0.377. The molecule has 2 aliphatic heterocycles. The molecule has 5 nitrogen and oxygen atoms in total. The van der Waals surface area contributed by atoms with E-state index < -0.39 is 0 Å². The Morgan fingerprint density at radius 1 is 0.968 bits per heavy atom. The van der Waals surface area contributed by atoms with Crippen LogP contribution in [0.1, 0.15) is 42.5 Å². The van der Waals surface area contributed by atoms with Crippen LogP contribution in [0.4, 0.5) is 15.8 Å². The topological polar surface area (TPSA) is 52.7 Å². The highest BCUT2D eigenvalue weighted by Gasteiger charge is 2.29. The summed E-state index contributed by atoms with van der Waals surface area (Å²) in [5.74, 6) is -0.957. The largest absolute Gasteiger partial charge is 0.370 e. The zero-order chi connectivity index (χ0) is 21.8. The van der Waals surface area contributed by atoms with E-state index in [0.717, 1.165) is 31.6 Å². The minimum Gasteiger partial charge on any atom is -0.370 e. The highest BCUT2D eigenvalue weighted by atomic mass is 35.5. The molecule has 2 saturated heterocycles. The number of hydrogen-bond acceptors (Lipinski definition) is 3. The number of piperidine rings is 2. The van der Waals surface area contributed by atoms with Gasteiger partial charge in [-0.05, 0) is 74.6 Å². The summed E-state index contributed by atoms with van der Waals surface area (Å²) in [5.41, 5.74) is 2.10. The fourth-order valence-corrected chi connectivity index (χ4v) is 4.67. The van der Waals surface area contributed by atoms with E-state index in [0.29, 0.717) is 29.4 Å². The molecule has 4 rings (SSSR count). The van der Waals surface area contributed by atoms with Crippen LogP contribution in [-0.4, -0.2) is 42.9 Å². The first kappa shape index (κ1) is 21.6. The minimum absolute atomic E-state index is 0.113. The number of rotatable bonds is 4. The van der Waals surface area contributed by atoms with Gasteiger partial charge in [0.05, 0.1) is 16.6 Å². The van der Waals surface area contributed by atoms with E-state index in [1.807, 2.05) is 12.1 Å². The molecule has 0 saturated carbocycles. The van der Waals surface area contributed by atoms with Crippen LogP contribution < -0.4 is 10.2 Å². The third-order valence-corrected chi connectivity index (χ3v) is 6.39. The Balaban J connectivity index is 1.38. The van der Waals surface area contributed by atoms with E-state index in [2.05, 4.69) is 10.2 Å². The van der Waals surface area contributed by atoms with Crippen molar-refractivity contribution in [3.63, 3.8) is 0 Å². The molecule has 0 aromatic heterocycles. The van der Waals surface area contributed by atoms with Crippen molar-refractivity contribution < 1.29 is 14.0 Å². The van der Waals surface area contributed by atoms with Gasteiger partial charge in [-0.15, -0.1) is 0 Å². The first-order valence-corrected chi connectivity index (χ1v) is 11.3. The average Bonchev–Trinajstić information content (AvgIpc) is 2.80. The lowest BCUT2D eigenvalue weighted by Crippen LogP contribution is -2.43. The van der Waals surface area contributed by atoms with Crippen molar-refractivity contribution in [2.75, 3.05) is 36.4 Å². The zero-order valence-corrected chi connectivity index (χ0v) is 18.2. The van der Waals surface area contributed by atoms with Crippen molar-refractivity contribution in [1.82, 2.24) is 4.90 Å². The first-order valence-electron chi connectivity index (χ1n) is 10.9. The van der Waals surface area contributed by atoms with E-state index in [4.69, 9.17) is 11.6 Å². The number of carbonyl (C=O) groups excluding carboxylic acids is 2. The summed E-state index contributed by atoms with van der Waals surface area (Å²) in [4.78, 5) is 29.5. The van der Waals surface area contributed by atoms with Crippen molar-refractivity contribution in [2.24, 2.45) is 5.92 Å². The molecule has 1 atom stereocenters. The molecule has 2 fully saturated rings. The van der Waals surface area contributed by atoms with Crippen LogP contribution in [0.3, 0.4) is 0 Å². The van der Waals surface area contributed by atoms with Gasteiger partial charge in [0.2, 0.25) is 5.91 Å². The van der Waals surface area contributed by atoms with E-state index >= 15 is 0 Å². The van der Waals surface area contributed by atoms with E-state index in [-0.39, 0.29) is 23.5 Å². The molecular weight excluding hydrogens is 417 g/mol. The van der Waals surface area contributed by atoms with Crippen molar-refractivity contribution in [3.8, 4) is 0 Å². The van der Waals surface area contributed by atoms with E-state index in [1.165, 1.54) is 43.5 Å². The number of anilines is 2. The lowest BCUT2D eigenvalue weighted by atomic mass is 9.96. The summed E-state index contributed by atoms with van der Waals surface area (Å²) in [6.07, 6.45) is 5.07. The molecule has 2 amide bonds. The van der Waals surface area contributed by atoms with Crippen molar-refractivity contribution in [1.29, 1.82) is 0 Å². The molecule has 164 valence electrons. The maximum absolute atomic E-state index is 13.1. The number of nitrogens with one attached hydrogen (secondary N) is 1. The second-order valence-corrected chi connectivity index (χ2v) is 8.71. The molecule has 2 aromatic rings. The van der Waals surface area contributed by atoms with Crippen molar-refractivity contribution in [3.05, 3.63) is 58.9 Å². The van der Waals surface area contributed by atoms with Crippen LogP contribution in [0.2, 0.25) is 5.02 Å². The van der Waals surface area contributed by atoms with Gasteiger partial charge in [-0.2, -0.15) is 0 Å². The van der Waals surface area contributed by atoms with Gasteiger partial charge < -0.3 is 15.1 Å². The van der Waals surface area contributed by atoms with Crippen LogP contribution in [0.5, 0.6) is 0 Å².